The van der Waals surface area contributed by atoms with Gasteiger partial charge in [0.25, 0.3) is 0 Å². The predicted molar refractivity (Wildman–Crippen MR) is 82.8 cm³/mol. The highest BCUT2D eigenvalue weighted by molar-refractivity contribution is 7.89. The second-order valence-corrected chi connectivity index (χ2v) is 9.02. The third-order valence-electron chi connectivity index (χ3n) is 3.64. The minimum atomic E-state index is -3.69. The molecule has 0 N–H and O–H groups in total. The molecule has 1 aliphatic rings. The van der Waals surface area contributed by atoms with Gasteiger partial charge in [-0.2, -0.15) is 8.61 Å². The van der Waals surface area contributed by atoms with Crippen LogP contribution in [0.4, 0.5) is 0 Å². The van der Waals surface area contributed by atoms with Crippen molar-refractivity contribution in [2.45, 2.75) is 11.8 Å². The van der Waals surface area contributed by atoms with E-state index in [1.165, 1.54) is 21.8 Å². The summed E-state index contributed by atoms with van der Waals surface area (Å²) >= 11 is 0. The first kappa shape index (κ1) is 17.2. The Hall–Kier alpha value is -1.16. The Kier molecular flexibility index (Phi) is 5.10. The smallest absolute Gasteiger partial charge is 0.246 e. The molecule has 0 spiro atoms. The van der Waals surface area contributed by atoms with Gasteiger partial charge in [0, 0.05) is 26.2 Å². The normalized spacial score (nSPS) is 18.3. The number of ether oxygens (including phenoxy) is 1. The molecule has 9 heteroatoms. The molecule has 0 amide bonds. The number of benzene rings is 1. The first-order chi connectivity index (χ1) is 10.3. The lowest BCUT2D eigenvalue weighted by Gasteiger charge is -2.33. The fourth-order valence-corrected chi connectivity index (χ4v) is 5.00. The lowest BCUT2D eigenvalue weighted by molar-refractivity contribution is 0.272. The third-order valence-corrected chi connectivity index (χ3v) is 7.46. The molecule has 0 aliphatic carbocycles. The van der Waals surface area contributed by atoms with Crippen molar-refractivity contribution >= 4 is 20.0 Å². The fraction of sp³-hybridized carbons (Fsp3) is 0.538. The van der Waals surface area contributed by atoms with Gasteiger partial charge < -0.3 is 4.74 Å². The maximum absolute atomic E-state index is 12.7. The van der Waals surface area contributed by atoms with E-state index in [1.54, 1.807) is 25.1 Å². The van der Waals surface area contributed by atoms with Crippen molar-refractivity contribution in [2.24, 2.45) is 0 Å². The van der Waals surface area contributed by atoms with Gasteiger partial charge in [-0.05, 0) is 19.1 Å². The zero-order valence-electron chi connectivity index (χ0n) is 12.6. The zero-order valence-corrected chi connectivity index (χ0v) is 14.2. The molecule has 1 fully saturated rings. The van der Waals surface area contributed by atoms with Gasteiger partial charge in [-0.15, -0.1) is 0 Å². The zero-order chi connectivity index (χ0) is 16.4. The molecular formula is C13H20N2O5S2. The molecule has 0 atom stereocenters. The van der Waals surface area contributed by atoms with E-state index in [2.05, 4.69) is 0 Å². The average Bonchev–Trinajstić information content (AvgIpc) is 2.54. The van der Waals surface area contributed by atoms with Gasteiger partial charge in [0.15, 0.2) is 0 Å². The van der Waals surface area contributed by atoms with Crippen LogP contribution in [0.2, 0.25) is 0 Å². The molecule has 2 rings (SSSR count). The van der Waals surface area contributed by atoms with E-state index in [0.29, 0.717) is 0 Å². The number of rotatable bonds is 5. The Morgan fingerprint density at radius 3 is 2.09 bits per heavy atom. The van der Waals surface area contributed by atoms with Crippen LogP contribution >= 0.6 is 0 Å². The van der Waals surface area contributed by atoms with Gasteiger partial charge in [-0.25, -0.2) is 16.8 Å². The van der Waals surface area contributed by atoms with E-state index in [4.69, 9.17) is 4.74 Å². The summed E-state index contributed by atoms with van der Waals surface area (Å²) in [4.78, 5) is 0.101. The number of piperazine rings is 1. The van der Waals surface area contributed by atoms with E-state index < -0.39 is 20.0 Å². The van der Waals surface area contributed by atoms with Gasteiger partial charge in [-0.1, -0.05) is 12.1 Å². The molecule has 1 aromatic carbocycles. The fourth-order valence-electron chi connectivity index (χ4n) is 2.34. The maximum atomic E-state index is 12.7. The second kappa shape index (κ2) is 6.53. The van der Waals surface area contributed by atoms with E-state index in [0.717, 1.165) is 0 Å². The molecule has 0 radical (unpaired) electrons. The highest BCUT2D eigenvalue weighted by Gasteiger charge is 2.33. The molecule has 1 aliphatic heterocycles. The number of methoxy groups -OCH3 is 1. The van der Waals surface area contributed by atoms with Crippen molar-refractivity contribution < 1.29 is 21.6 Å². The van der Waals surface area contributed by atoms with Crippen molar-refractivity contribution in [1.29, 1.82) is 0 Å². The van der Waals surface area contributed by atoms with Crippen molar-refractivity contribution in [3.05, 3.63) is 24.3 Å². The number of hydrogen-bond donors (Lipinski definition) is 0. The summed E-state index contributed by atoms with van der Waals surface area (Å²) in [5.74, 6) is 0.304. The third kappa shape index (κ3) is 3.27. The molecule has 22 heavy (non-hydrogen) atoms. The topological polar surface area (TPSA) is 84.0 Å². The largest absolute Gasteiger partial charge is 0.495 e. The minimum Gasteiger partial charge on any atom is -0.495 e. The molecule has 7 nitrogen and oxygen atoms in total. The van der Waals surface area contributed by atoms with Gasteiger partial charge >= 0.3 is 0 Å². The van der Waals surface area contributed by atoms with Crippen LogP contribution in [0, 0.1) is 0 Å². The molecule has 124 valence electrons. The van der Waals surface area contributed by atoms with Crippen LogP contribution in [0.15, 0.2) is 29.2 Å². The summed E-state index contributed by atoms with van der Waals surface area (Å²) in [6.07, 6.45) is 0. The summed E-state index contributed by atoms with van der Waals surface area (Å²) in [6.45, 7) is 2.20. The van der Waals surface area contributed by atoms with Crippen molar-refractivity contribution in [3.63, 3.8) is 0 Å². The van der Waals surface area contributed by atoms with E-state index in [-0.39, 0.29) is 42.6 Å². The summed E-state index contributed by atoms with van der Waals surface area (Å²) < 4.78 is 56.7. The minimum absolute atomic E-state index is 0.0201. The number of para-hydroxylation sites is 1. The first-order valence-electron chi connectivity index (χ1n) is 6.94. The molecule has 1 saturated heterocycles. The summed E-state index contributed by atoms with van der Waals surface area (Å²) in [5.41, 5.74) is 0. The summed E-state index contributed by atoms with van der Waals surface area (Å²) in [6, 6.07) is 6.41. The van der Waals surface area contributed by atoms with Crippen LogP contribution in [0.5, 0.6) is 5.75 Å². The molecule has 0 bridgehead atoms. The summed E-state index contributed by atoms with van der Waals surface area (Å²) in [5, 5.41) is 0. The Bertz CT molecular complexity index is 723. The molecule has 1 heterocycles. The monoisotopic (exact) mass is 348 g/mol. The van der Waals surface area contributed by atoms with Crippen molar-refractivity contribution in [2.75, 3.05) is 39.0 Å². The Balaban J connectivity index is 2.20. The lowest BCUT2D eigenvalue weighted by Crippen LogP contribution is -2.50. The molecule has 0 aromatic heterocycles. The van der Waals surface area contributed by atoms with Crippen LogP contribution < -0.4 is 4.74 Å². The Morgan fingerprint density at radius 2 is 1.55 bits per heavy atom. The standard InChI is InChI=1S/C13H20N2O5S2/c1-3-21(16,17)14-8-10-15(11-9-14)22(18,19)13-7-5-4-6-12(13)20-2/h4-7H,3,8-11H2,1-2H3. The highest BCUT2D eigenvalue weighted by atomic mass is 32.2. The first-order valence-corrected chi connectivity index (χ1v) is 9.99. The average molecular weight is 348 g/mol. The van der Waals surface area contributed by atoms with Crippen LogP contribution in [-0.2, 0) is 20.0 Å². The van der Waals surface area contributed by atoms with Crippen molar-refractivity contribution in [1.82, 2.24) is 8.61 Å². The quantitative estimate of drug-likeness (QED) is 0.767. The van der Waals surface area contributed by atoms with Crippen LogP contribution in [0.1, 0.15) is 6.92 Å². The van der Waals surface area contributed by atoms with Crippen LogP contribution in [-0.4, -0.2) is 64.5 Å². The van der Waals surface area contributed by atoms with Gasteiger partial charge in [-0.3, -0.25) is 0 Å². The highest BCUT2D eigenvalue weighted by Crippen LogP contribution is 2.27. The molecule has 1 aromatic rings. The molecule has 0 saturated carbocycles. The number of hydrogen-bond acceptors (Lipinski definition) is 5. The second-order valence-electron chi connectivity index (χ2n) is 4.85. The maximum Gasteiger partial charge on any atom is 0.246 e. The predicted octanol–water partition coefficient (Wildman–Crippen LogP) is 0.351. The van der Waals surface area contributed by atoms with E-state index in [1.807, 2.05) is 0 Å². The van der Waals surface area contributed by atoms with Gasteiger partial charge in [0.05, 0.1) is 12.9 Å². The van der Waals surface area contributed by atoms with Crippen LogP contribution in [0.3, 0.4) is 0 Å². The summed E-state index contributed by atoms with van der Waals surface area (Å²) in [7, 11) is -5.56. The Morgan fingerprint density at radius 1 is 1.00 bits per heavy atom. The van der Waals surface area contributed by atoms with E-state index in [9.17, 15) is 16.8 Å². The number of nitrogens with zero attached hydrogens (tertiary/aromatic N) is 2. The molecule has 0 unspecified atom stereocenters. The van der Waals surface area contributed by atoms with Crippen LogP contribution in [0.25, 0.3) is 0 Å². The van der Waals surface area contributed by atoms with Gasteiger partial charge in [0.1, 0.15) is 10.6 Å². The lowest BCUT2D eigenvalue weighted by atomic mass is 10.3. The van der Waals surface area contributed by atoms with E-state index >= 15 is 0 Å². The molecular weight excluding hydrogens is 328 g/mol. The SMILES string of the molecule is CCS(=O)(=O)N1CCN(S(=O)(=O)c2ccccc2OC)CC1. The number of sulfonamides is 2. The van der Waals surface area contributed by atoms with Crippen molar-refractivity contribution in [3.8, 4) is 5.75 Å². The van der Waals surface area contributed by atoms with Gasteiger partial charge in [0.2, 0.25) is 20.0 Å². The Labute approximate surface area is 131 Å².